The molecule has 1 N–H and O–H groups in total. The highest BCUT2D eigenvalue weighted by Crippen LogP contribution is 2.36. The third-order valence-electron chi connectivity index (χ3n) is 3.71. The number of carbonyl (C=O) groups is 1. The number of carbonyl (C=O) groups excluding carboxylic acids is 1. The first-order valence-corrected chi connectivity index (χ1v) is 8.63. The zero-order valence-electron chi connectivity index (χ0n) is 14.9. The minimum absolute atomic E-state index is 0.138. The van der Waals surface area contributed by atoms with Crippen molar-refractivity contribution in [3.05, 3.63) is 52.6 Å². The van der Waals surface area contributed by atoms with Gasteiger partial charge in [-0.3, -0.25) is 0 Å². The van der Waals surface area contributed by atoms with Crippen LogP contribution in [0.3, 0.4) is 0 Å². The van der Waals surface area contributed by atoms with Crippen molar-refractivity contribution < 1.29 is 19.0 Å². The Morgan fingerprint density at radius 1 is 1.22 bits per heavy atom. The largest absolute Gasteiger partial charge is 0.491 e. The molecule has 0 amide bonds. The SMILES string of the molecule is CCOc1cc(/C=C/C(=O)OCc2ccc3n[nH]nc3c2)cc(Cl)c1OC. The van der Waals surface area contributed by atoms with Gasteiger partial charge in [-0.05, 0) is 48.4 Å². The van der Waals surface area contributed by atoms with Crippen molar-refractivity contribution >= 4 is 34.7 Å². The van der Waals surface area contributed by atoms with E-state index in [1.807, 2.05) is 25.1 Å². The maximum absolute atomic E-state index is 12.0. The van der Waals surface area contributed by atoms with E-state index < -0.39 is 5.97 Å². The van der Waals surface area contributed by atoms with Crippen LogP contribution in [-0.4, -0.2) is 35.1 Å². The Labute approximate surface area is 160 Å². The fourth-order valence-electron chi connectivity index (χ4n) is 2.49. The van der Waals surface area contributed by atoms with Crippen molar-refractivity contribution in [2.45, 2.75) is 13.5 Å². The number of nitrogens with zero attached hydrogens (tertiary/aromatic N) is 2. The standard InChI is InChI=1S/C19H18ClN3O4/c1-3-26-17-10-12(8-14(20)19(17)25-2)5-7-18(24)27-11-13-4-6-15-16(9-13)22-23-21-15/h4-10H,3,11H2,1-2H3,(H,21,22,23)/b7-5+. The van der Waals surface area contributed by atoms with Gasteiger partial charge in [0.1, 0.15) is 17.6 Å². The molecule has 0 unspecified atom stereocenters. The summed E-state index contributed by atoms with van der Waals surface area (Å²) in [5.41, 5.74) is 3.00. The van der Waals surface area contributed by atoms with E-state index >= 15 is 0 Å². The third-order valence-corrected chi connectivity index (χ3v) is 3.99. The quantitative estimate of drug-likeness (QED) is 0.490. The molecule has 2 aromatic carbocycles. The second-order valence-electron chi connectivity index (χ2n) is 5.55. The number of aromatic nitrogens is 3. The van der Waals surface area contributed by atoms with Crippen molar-refractivity contribution in [2.75, 3.05) is 13.7 Å². The van der Waals surface area contributed by atoms with Crippen LogP contribution >= 0.6 is 11.6 Å². The molecule has 3 aromatic rings. The van der Waals surface area contributed by atoms with Crippen LogP contribution in [0.2, 0.25) is 5.02 Å². The van der Waals surface area contributed by atoms with Gasteiger partial charge in [0.25, 0.3) is 0 Å². The van der Waals surface area contributed by atoms with Crippen LogP contribution in [0.1, 0.15) is 18.1 Å². The number of esters is 1. The molecule has 1 aromatic heterocycles. The first kappa shape index (κ1) is 18.7. The van der Waals surface area contributed by atoms with E-state index in [0.29, 0.717) is 28.7 Å². The van der Waals surface area contributed by atoms with Crippen molar-refractivity contribution in [1.82, 2.24) is 15.4 Å². The molecule has 1 heterocycles. The number of ether oxygens (including phenoxy) is 3. The predicted molar refractivity (Wildman–Crippen MR) is 102 cm³/mol. The van der Waals surface area contributed by atoms with Crippen LogP contribution in [0, 0.1) is 0 Å². The summed E-state index contributed by atoms with van der Waals surface area (Å²) in [5.74, 6) is 0.503. The minimum Gasteiger partial charge on any atom is -0.491 e. The first-order chi connectivity index (χ1) is 13.1. The van der Waals surface area contributed by atoms with E-state index in [2.05, 4.69) is 15.4 Å². The number of hydrogen-bond acceptors (Lipinski definition) is 6. The number of hydrogen-bond donors (Lipinski definition) is 1. The van der Waals surface area contributed by atoms with E-state index in [1.54, 1.807) is 18.2 Å². The second kappa shape index (κ2) is 8.55. The molecule has 0 aliphatic carbocycles. The number of benzene rings is 2. The Kier molecular flexibility index (Phi) is 5.93. The van der Waals surface area contributed by atoms with Crippen LogP contribution < -0.4 is 9.47 Å². The van der Waals surface area contributed by atoms with E-state index in [-0.39, 0.29) is 6.61 Å². The molecule has 0 aliphatic heterocycles. The maximum Gasteiger partial charge on any atom is 0.331 e. The lowest BCUT2D eigenvalue weighted by molar-refractivity contribution is -0.138. The highest BCUT2D eigenvalue weighted by atomic mass is 35.5. The third kappa shape index (κ3) is 4.57. The van der Waals surface area contributed by atoms with E-state index in [1.165, 1.54) is 13.2 Å². The summed E-state index contributed by atoms with van der Waals surface area (Å²) in [6.45, 7) is 2.47. The Morgan fingerprint density at radius 3 is 2.81 bits per heavy atom. The van der Waals surface area contributed by atoms with Crippen molar-refractivity contribution in [1.29, 1.82) is 0 Å². The fourth-order valence-corrected chi connectivity index (χ4v) is 2.78. The zero-order chi connectivity index (χ0) is 19.2. The highest BCUT2D eigenvalue weighted by molar-refractivity contribution is 6.32. The van der Waals surface area contributed by atoms with Crippen LogP contribution in [0.5, 0.6) is 11.5 Å². The van der Waals surface area contributed by atoms with Gasteiger partial charge in [0.15, 0.2) is 11.5 Å². The monoisotopic (exact) mass is 387 g/mol. The first-order valence-electron chi connectivity index (χ1n) is 8.25. The molecule has 0 bridgehead atoms. The Balaban J connectivity index is 1.65. The maximum atomic E-state index is 12.0. The molecule has 140 valence electrons. The Morgan fingerprint density at radius 2 is 2.04 bits per heavy atom. The molecule has 7 nitrogen and oxygen atoms in total. The summed E-state index contributed by atoms with van der Waals surface area (Å²) in [5, 5.41) is 10.9. The number of halogens is 1. The molecule has 0 saturated heterocycles. The number of rotatable bonds is 7. The van der Waals surface area contributed by atoms with Crippen molar-refractivity contribution in [3.63, 3.8) is 0 Å². The lowest BCUT2D eigenvalue weighted by Crippen LogP contribution is -2.01. The molecule has 0 atom stereocenters. The summed E-state index contributed by atoms with van der Waals surface area (Å²) in [4.78, 5) is 12.0. The van der Waals surface area contributed by atoms with E-state index in [0.717, 1.165) is 16.6 Å². The average molecular weight is 388 g/mol. The van der Waals surface area contributed by atoms with Crippen LogP contribution in [-0.2, 0) is 16.1 Å². The minimum atomic E-state index is -0.472. The molecular weight excluding hydrogens is 370 g/mol. The summed E-state index contributed by atoms with van der Waals surface area (Å²) in [6.07, 6.45) is 2.94. The molecule has 3 rings (SSSR count). The fraction of sp³-hybridized carbons (Fsp3) is 0.211. The number of fused-ring (bicyclic) bond motifs is 1. The van der Waals surface area contributed by atoms with Gasteiger partial charge in [-0.1, -0.05) is 17.7 Å². The van der Waals surface area contributed by atoms with Crippen LogP contribution in [0.25, 0.3) is 17.1 Å². The van der Waals surface area contributed by atoms with Gasteiger partial charge in [-0.2, -0.15) is 15.4 Å². The Hall–Kier alpha value is -3.06. The van der Waals surface area contributed by atoms with Gasteiger partial charge in [-0.25, -0.2) is 4.79 Å². The van der Waals surface area contributed by atoms with Gasteiger partial charge in [0.2, 0.25) is 0 Å². The lowest BCUT2D eigenvalue weighted by Gasteiger charge is -2.11. The molecule has 0 radical (unpaired) electrons. The Bertz CT molecular complexity index is 984. The molecule has 27 heavy (non-hydrogen) atoms. The van der Waals surface area contributed by atoms with Crippen LogP contribution in [0.15, 0.2) is 36.4 Å². The smallest absolute Gasteiger partial charge is 0.331 e. The molecule has 8 heteroatoms. The van der Waals surface area contributed by atoms with Gasteiger partial charge in [0.05, 0.1) is 18.7 Å². The molecule has 0 spiro atoms. The van der Waals surface area contributed by atoms with Gasteiger partial charge >= 0.3 is 5.97 Å². The average Bonchev–Trinajstić information content (AvgIpc) is 3.12. The van der Waals surface area contributed by atoms with E-state index in [4.69, 9.17) is 25.8 Å². The van der Waals surface area contributed by atoms with Crippen molar-refractivity contribution in [2.24, 2.45) is 0 Å². The number of aromatic amines is 1. The highest BCUT2D eigenvalue weighted by Gasteiger charge is 2.11. The summed E-state index contributed by atoms with van der Waals surface area (Å²) in [7, 11) is 1.52. The topological polar surface area (TPSA) is 86.3 Å². The summed E-state index contributed by atoms with van der Waals surface area (Å²) in [6, 6.07) is 8.89. The van der Waals surface area contributed by atoms with Crippen LogP contribution in [0.4, 0.5) is 0 Å². The normalized spacial score (nSPS) is 11.1. The van der Waals surface area contributed by atoms with E-state index in [9.17, 15) is 4.79 Å². The summed E-state index contributed by atoms with van der Waals surface area (Å²) < 4.78 is 16.0. The van der Waals surface area contributed by atoms with Crippen molar-refractivity contribution in [3.8, 4) is 11.5 Å². The molecule has 0 fully saturated rings. The lowest BCUT2D eigenvalue weighted by atomic mass is 10.2. The number of nitrogens with one attached hydrogen (secondary N) is 1. The zero-order valence-corrected chi connectivity index (χ0v) is 15.6. The predicted octanol–water partition coefficient (Wildman–Crippen LogP) is 3.78. The number of methoxy groups -OCH3 is 1. The summed E-state index contributed by atoms with van der Waals surface area (Å²) >= 11 is 6.20. The van der Waals surface area contributed by atoms with Gasteiger partial charge in [0, 0.05) is 6.08 Å². The van der Waals surface area contributed by atoms with Gasteiger partial charge in [-0.15, -0.1) is 0 Å². The van der Waals surface area contributed by atoms with Gasteiger partial charge < -0.3 is 14.2 Å². The second-order valence-corrected chi connectivity index (χ2v) is 5.96. The molecular formula is C19H18ClN3O4. The molecule has 0 saturated carbocycles. The number of H-pyrrole nitrogens is 1. The molecule has 0 aliphatic rings.